The van der Waals surface area contributed by atoms with Gasteiger partial charge in [0.05, 0.1) is 11.3 Å². The molecule has 1 heterocycles. The lowest BCUT2D eigenvalue weighted by atomic mass is 10.1. The normalized spacial score (nSPS) is 16.1. The summed E-state index contributed by atoms with van der Waals surface area (Å²) in [5, 5.41) is 0. The third kappa shape index (κ3) is 4.76. The van der Waals surface area contributed by atoms with Crippen LogP contribution in [0.4, 0.5) is 0 Å². The van der Waals surface area contributed by atoms with Gasteiger partial charge < -0.3 is 4.90 Å². The molecule has 2 aromatic carbocycles. The van der Waals surface area contributed by atoms with Crippen LogP contribution in [0.25, 0.3) is 0 Å². The molecule has 1 amide bonds. The van der Waals surface area contributed by atoms with Crippen LogP contribution in [-0.4, -0.2) is 49.7 Å². The van der Waals surface area contributed by atoms with E-state index in [1.165, 1.54) is 4.31 Å². The standard InChI is InChI=1S/C21H26N2O3S/c1-17-4-8-19(9-5-17)16-21(24)22-12-3-13-23(15-14-22)27(25,26)20-10-6-18(2)7-11-20/h4-11H,3,12-16H2,1-2H3. The number of sulfonamides is 1. The average Bonchev–Trinajstić information content (AvgIpc) is 2.91. The maximum atomic E-state index is 12.9. The molecule has 1 fully saturated rings. The van der Waals surface area contributed by atoms with Crippen LogP contribution in [0.2, 0.25) is 0 Å². The number of rotatable bonds is 4. The van der Waals surface area contributed by atoms with Crippen molar-refractivity contribution < 1.29 is 13.2 Å². The van der Waals surface area contributed by atoms with Crippen molar-refractivity contribution in [2.24, 2.45) is 0 Å². The highest BCUT2D eigenvalue weighted by molar-refractivity contribution is 7.89. The zero-order chi connectivity index (χ0) is 19.4. The van der Waals surface area contributed by atoms with E-state index in [1.807, 2.05) is 50.2 Å². The van der Waals surface area contributed by atoms with E-state index in [-0.39, 0.29) is 5.91 Å². The van der Waals surface area contributed by atoms with Crippen LogP contribution in [0.1, 0.15) is 23.1 Å². The zero-order valence-corrected chi connectivity index (χ0v) is 16.7. The lowest BCUT2D eigenvalue weighted by Gasteiger charge is -2.22. The summed E-state index contributed by atoms with van der Waals surface area (Å²) in [4.78, 5) is 14.7. The minimum absolute atomic E-state index is 0.0495. The van der Waals surface area contributed by atoms with Crippen molar-refractivity contribution in [3.63, 3.8) is 0 Å². The van der Waals surface area contributed by atoms with Gasteiger partial charge >= 0.3 is 0 Å². The van der Waals surface area contributed by atoms with Gasteiger partial charge in [0.1, 0.15) is 0 Å². The molecular formula is C21H26N2O3S. The van der Waals surface area contributed by atoms with Gasteiger partial charge in [-0.25, -0.2) is 8.42 Å². The van der Waals surface area contributed by atoms with Gasteiger partial charge in [0.25, 0.3) is 0 Å². The van der Waals surface area contributed by atoms with Crippen LogP contribution in [-0.2, 0) is 21.2 Å². The largest absolute Gasteiger partial charge is 0.341 e. The SMILES string of the molecule is Cc1ccc(CC(=O)N2CCCN(S(=O)(=O)c3ccc(C)cc3)CC2)cc1. The summed E-state index contributed by atoms with van der Waals surface area (Å²) < 4.78 is 27.2. The Morgan fingerprint density at radius 2 is 1.44 bits per heavy atom. The molecule has 2 aromatic rings. The molecule has 0 N–H and O–H groups in total. The second-order valence-electron chi connectivity index (χ2n) is 7.11. The van der Waals surface area contributed by atoms with E-state index in [9.17, 15) is 13.2 Å². The predicted octanol–water partition coefficient (Wildman–Crippen LogP) is 2.77. The van der Waals surface area contributed by atoms with Crippen molar-refractivity contribution in [2.45, 2.75) is 31.6 Å². The Kier molecular flexibility index (Phi) is 5.97. The van der Waals surface area contributed by atoms with E-state index < -0.39 is 10.0 Å². The summed E-state index contributed by atoms with van der Waals surface area (Å²) in [5.41, 5.74) is 3.18. The molecule has 0 unspecified atom stereocenters. The Bertz CT molecular complexity index is 890. The molecule has 27 heavy (non-hydrogen) atoms. The second-order valence-corrected chi connectivity index (χ2v) is 9.05. The van der Waals surface area contributed by atoms with Crippen LogP contribution in [0.3, 0.4) is 0 Å². The average molecular weight is 387 g/mol. The number of carbonyl (C=O) groups excluding carboxylic acids is 1. The van der Waals surface area contributed by atoms with Gasteiger partial charge in [0.2, 0.25) is 15.9 Å². The van der Waals surface area contributed by atoms with Gasteiger partial charge in [0, 0.05) is 26.2 Å². The molecule has 1 aliphatic heterocycles. The molecule has 0 spiro atoms. The number of nitrogens with zero attached hydrogens (tertiary/aromatic N) is 2. The Balaban J connectivity index is 1.65. The molecule has 6 heteroatoms. The molecular weight excluding hydrogens is 360 g/mol. The van der Waals surface area contributed by atoms with E-state index in [0.29, 0.717) is 43.9 Å². The smallest absolute Gasteiger partial charge is 0.243 e. The Morgan fingerprint density at radius 3 is 2.07 bits per heavy atom. The number of amides is 1. The summed E-state index contributed by atoms with van der Waals surface area (Å²) in [7, 11) is -3.52. The summed E-state index contributed by atoms with van der Waals surface area (Å²) in [6, 6.07) is 14.9. The van der Waals surface area contributed by atoms with Crippen molar-refractivity contribution in [2.75, 3.05) is 26.2 Å². The first-order chi connectivity index (χ1) is 12.9. The third-order valence-corrected chi connectivity index (χ3v) is 6.86. The fraction of sp³-hybridized carbons (Fsp3) is 0.381. The highest BCUT2D eigenvalue weighted by Crippen LogP contribution is 2.18. The minimum atomic E-state index is -3.52. The third-order valence-electron chi connectivity index (χ3n) is 4.94. The topological polar surface area (TPSA) is 57.7 Å². The highest BCUT2D eigenvalue weighted by atomic mass is 32.2. The van der Waals surface area contributed by atoms with Crippen molar-refractivity contribution in [1.29, 1.82) is 0 Å². The lowest BCUT2D eigenvalue weighted by molar-refractivity contribution is -0.130. The summed E-state index contributed by atoms with van der Waals surface area (Å²) in [6.45, 7) is 5.73. The molecule has 144 valence electrons. The first kappa shape index (κ1) is 19.6. The van der Waals surface area contributed by atoms with Crippen molar-refractivity contribution in [3.05, 3.63) is 65.2 Å². The molecule has 0 aromatic heterocycles. The fourth-order valence-electron chi connectivity index (χ4n) is 3.24. The van der Waals surface area contributed by atoms with Gasteiger partial charge in [-0.1, -0.05) is 47.5 Å². The molecule has 0 atom stereocenters. The molecule has 5 nitrogen and oxygen atoms in total. The number of hydrogen-bond acceptors (Lipinski definition) is 3. The van der Waals surface area contributed by atoms with Crippen LogP contribution in [0.15, 0.2) is 53.4 Å². The maximum Gasteiger partial charge on any atom is 0.243 e. The summed E-state index contributed by atoms with van der Waals surface area (Å²) >= 11 is 0. The molecule has 1 aliphatic rings. The van der Waals surface area contributed by atoms with E-state index >= 15 is 0 Å². The number of carbonyl (C=O) groups is 1. The molecule has 1 saturated heterocycles. The number of hydrogen-bond donors (Lipinski definition) is 0. The van der Waals surface area contributed by atoms with Crippen molar-refractivity contribution in [1.82, 2.24) is 9.21 Å². The predicted molar refractivity (Wildman–Crippen MR) is 106 cm³/mol. The molecule has 0 radical (unpaired) electrons. The number of benzene rings is 2. The minimum Gasteiger partial charge on any atom is -0.341 e. The van der Waals surface area contributed by atoms with Gasteiger partial charge in [-0.3, -0.25) is 4.79 Å². The van der Waals surface area contributed by atoms with Gasteiger partial charge in [-0.15, -0.1) is 0 Å². The van der Waals surface area contributed by atoms with Gasteiger partial charge in [-0.2, -0.15) is 4.31 Å². The molecule has 0 aliphatic carbocycles. The van der Waals surface area contributed by atoms with Crippen LogP contribution in [0, 0.1) is 13.8 Å². The molecule has 3 rings (SSSR count). The quantitative estimate of drug-likeness (QED) is 0.812. The Morgan fingerprint density at radius 1 is 0.852 bits per heavy atom. The maximum absolute atomic E-state index is 12.9. The fourth-order valence-corrected chi connectivity index (χ4v) is 4.70. The van der Waals surface area contributed by atoms with Crippen molar-refractivity contribution >= 4 is 15.9 Å². The van der Waals surface area contributed by atoms with E-state index in [2.05, 4.69) is 0 Å². The molecule has 0 saturated carbocycles. The van der Waals surface area contributed by atoms with Gasteiger partial charge in [0.15, 0.2) is 0 Å². The van der Waals surface area contributed by atoms with Crippen LogP contribution >= 0.6 is 0 Å². The van der Waals surface area contributed by atoms with E-state index in [0.717, 1.165) is 16.7 Å². The lowest BCUT2D eigenvalue weighted by Crippen LogP contribution is -2.38. The first-order valence-electron chi connectivity index (χ1n) is 9.26. The second kappa shape index (κ2) is 8.23. The first-order valence-corrected chi connectivity index (χ1v) is 10.7. The van der Waals surface area contributed by atoms with E-state index in [1.54, 1.807) is 17.0 Å². The van der Waals surface area contributed by atoms with Crippen LogP contribution < -0.4 is 0 Å². The van der Waals surface area contributed by atoms with E-state index in [4.69, 9.17) is 0 Å². The number of aryl methyl sites for hydroxylation is 2. The summed E-state index contributed by atoms with van der Waals surface area (Å²) in [5.74, 6) is 0.0495. The highest BCUT2D eigenvalue weighted by Gasteiger charge is 2.28. The van der Waals surface area contributed by atoms with Gasteiger partial charge in [-0.05, 0) is 38.0 Å². The Hall–Kier alpha value is -2.18. The molecule has 0 bridgehead atoms. The van der Waals surface area contributed by atoms with Crippen molar-refractivity contribution in [3.8, 4) is 0 Å². The zero-order valence-electron chi connectivity index (χ0n) is 15.9. The monoisotopic (exact) mass is 386 g/mol. The summed E-state index contributed by atoms with van der Waals surface area (Å²) in [6.07, 6.45) is 0.996. The van der Waals surface area contributed by atoms with Crippen LogP contribution in [0.5, 0.6) is 0 Å². The Labute approximate surface area is 161 Å².